The molecule has 0 fully saturated rings. The van der Waals surface area contributed by atoms with Gasteiger partial charge in [0, 0.05) is 28.8 Å². The number of pyridine rings is 1. The molecule has 0 unspecified atom stereocenters. The molecule has 1 heterocycles. The van der Waals surface area contributed by atoms with Crippen molar-refractivity contribution in [1.82, 2.24) is 10.3 Å². The van der Waals surface area contributed by atoms with Gasteiger partial charge in [-0.2, -0.15) is 0 Å². The number of nitrogens with one attached hydrogen (secondary N) is 1. The highest BCUT2D eigenvalue weighted by Crippen LogP contribution is 2.26. The first-order valence-electron chi connectivity index (χ1n) is 6.97. The average Bonchev–Trinajstić information content (AvgIpc) is 2.40. The maximum atomic E-state index is 5.90. The van der Waals surface area contributed by atoms with E-state index in [-0.39, 0.29) is 5.54 Å². The number of ether oxygens (including phenoxy) is 1. The van der Waals surface area contributed by atoms with Gasteiger partial charge < -0.3 is 10.1 Å². The number of hydrogen-bond donors (Lipinski definition) is 1. The molecule has 0 atom stereocenters. The van der Waals surface area contributed by atoms with E-state index in [1.54, 1.807) is 6.20 Å². The van der Waals surface area contributed by atoms with Crippen molar-refractivity contribution in [2.45, 2.75) is 39.8 Å². The summed E-state index contributed by atoms with van der Waals surface area (Å²) >= 11 is 3.49. The van der Waals surface area contributed by atoms with Crippen LogP contribution >= 0.6 is 15.9 Å². The molecule has 0 aliphatic heterocycles. The van der Waals surface area contributed by atoms with Gasteiger partial charge in [-0.05, 0) is 57.5 Å². The van der Waals surface area contributed by atoms with Crippen molar-refractivity contribution in [3.8, 4) is 11.5 Å². The molecule has 2 rings (SSSR count). The summed E-state index contributed by atoms with van der Waals surface area (Å²) in [5.74, 6) is 1.63. The van der Waals surface area contributed by atoms with Crippen LogP contribution in [-0.2, 0) is 6.54 Å². The van der Waals surface area contributed by atoms with E-state index in [0.717, 1.165) is 33.8 Å². The summed E-state index contributed by atoms with van der Waals surface area (Å²) in [4.78, 5) is 4.37. The third-order valence-electron chi connectivity index (χ3n) is 2.95. The van der Waals surface area contributed by atoms with Crippen molar-refractivity contribution in [3.63, 3.8) is 0 Å². The van der Waals surface area contributed by atoms with Crippen LogP contribution < -0.4 is 10.1 Å². The predicted molar refractivity (Wildman–Crippen MR) is 89.8 cm³/mol. The Hall–Kier alpha value is -1.39. The molecule has 1 aromatic carbocycles. The van der Waals surface area contributed by atoms with Gasteiger partial charge in [0.25, 0.3) is 0 Å². The van der Waals surface area contributed by atoms with Gasteiger partial charge in [-0.3, -0.25) is 4.98 Å². The summed E-state index contributed by atoms with van der Waals surface area (Å²) in [5, 5.41) is 3.42. The fourth-order valence-corrected chi connectivity index (χ4v) is 2.04. The number of nitrogens with zero attached hydrogens (tertiary/aromatic N) is 1. The maximum absolute atomic E-state index is 5.90. The molecule has 0 bridgehead atoms. The monoisotopic (exact) mass is 348 g/mol. The Morgan fingerprint density at radius 2 is 1.86 bits per heavy atom. The summed E-state index contributed by atoms with van der Waals surface area (Å²) in [7, 11) is 0. The van der Waals surface area contributed by atoms with E-state index < -0.39 is 0 Å². The van der Waals surface area contributed by atoms with Crippen molar-refractivity contribution in [3.05, 3.63) is 52.3 Å². The third-order valence-corrected chi connectivity index (χ3v) is 3.84. The molecule has 3 nitrogen and oxygen atoms in total. The zero-order valence-electron chi connectivity index (χ0n) is 12.9. The quantitative estimate of drug-likeness (QED) is 0.858. The molecule has 0 radical (unpaired) electrons. The Morgan fingerprint density at radius 1 is 1.14 bits per heavy atom. The molecule has 0 saturated heterocycles. The van der Waals surface area contributed by atoms with Crippen LogP contribution in [-0.4, -0.2) is 10.5 Å². The molecule has 21 heavy (non-hydrogen) atoms. The SMILES string of the molecule is Cc1cc(Oc2ccnc(CNC(C)(C)C)c2)ccc1Br. The second-order valence-corrected chi connectivity index (χ2v) is 6.95. The van der Waals surface area contributed by atoms with Crippen LogP contribution in [0.15, 0.2) is 41.0 Å². The van der Waals surface area contributed by atoms with Crippen LogP contribution in [0.3, 0.4) is 0 Å². The van der Waals surface area contributed by atoms with Gasteiger partial charge in [-0.25, -0.2) is 0 Å². The molecule has 112 valence electrons. The Morgan fingerprint density at radius 3 is 2.52 bits per heavy atom. The lowest BCUT2D eigenvalue weighted by Gasteiger charge is -2.20. The van der Waals surface area contributed by atoms with Crippen molar-refractivity contribution < 1.29 is 4.74 Å². The van der Waals surface area contributed by atoms with Crippen LogP contribution in [0.5, 0.6) is 11.5 Å². The van der Waals surface area contributed by atoms with E-state index in [0.29, 0.717) is 0 Å². The topological polar surface area (TPSA) is 34.1 Å². The van der Waals surface area contributed by atoms with Crippen molar-refractivity contribution in [1.29, 1.82) is 0 Å². The number of benzene rings is 1. The molecule has 0 saturated carbocycles. The summed E-state index contributed by atoms with van der Waals surface area (Å²) in [6, 6.07) is 9.80. The summed E-state index contributed by atoms with van der Waals surface area (Å²) in [5.41, 5.74) is 2.19. The van der Waals surface area contributed by atoms with Gasteiger partial charge in [0.2, 0.25) is 0 Å². The predicted octanol–water partition coefficient (Wildman–Crippen LogP) is 4.83. The van der Waals surface area contributed by atoms with Crippen LogP contribution in [0, 0.1) is 6.92 Å². The van der Waals surface area contributed by atoms with Gasteiger partial charge >= 0.3 is 0 Å². The molecular weight excluding hydrogens is 328 g/mol. The number of aryl methyl sites for hydroxylation is 1. The van der Waals surface area contributed by atoms with E-state index in [1.165, 1.54) is 0 Å². The molecular formula is C17H21BrN2O. The van der Waals surface area contributed by atoms with E-state index in [9.17, 15) is 0 Å². The lowest BCUT2D eigenvalue weighted by atomic mass is 10.1. The minimum atomic E-state index is 0.0708. The van der Waals surface area contributed by atoms with E-state index >= 15 is 0 Å². The minimum absolute atomic E-state index is 0.0708. The molecule has 1 aromatic heterocycles. The summed E-state index contributed by atoms with van der Waals surface area (Å²) in [6.45, 7) is 9.18. The third kappa shape index (κ3) is 5.14. The Labute approximate surface area is 134 Å². The molecule has 0 amide bonds. The fourth-order valence-electron chi connectivity index (χ4n) is 1.79. The van der Waals surface area contributed by atoms with Gasteiger partial charge in [0.05, 0.1) is 5.69 Å². The summed E-state index contributed by atoms with van der Waals surface area (Å²) in [6.07, 6.45) is 1.78. The minimum Gasteiger partial charge on any atom is -0.457 e. The molecule has 4 heteroatoms. The van der Waals surface area contributed by atoms with Crippen LogP contribution in [0.4, 0.5) is 0 Å². The standard InChI is InChI=1S/C17H21BrN2O/c1-12-9-14(5-6-16(12)18)21-15-7-8-19-13(10-15)11-20-17(2,3)4/h5-10,20H,11H2,1-4H3. The number of hydrogen-bond acceptors (Lipinski definition) is 3. The molecule has 0 aliphatic carbocycles. The highest BCUT2D eigenvalue weighted by Gasteiger charge is 2.09. The van der Waals surface area contributed by atoms with Gasteiger partial charge in [-0.1, -0.05) is 15.9 Å². The van der Waals surface area contributed by atoms with E-state index in [2.05, 4.69) is 47.0 Å². The van der Waals surface area contributed by atoms with Crippen molar-refractivity contribution in [2.75, 3.05) is 0 Å². The van der Waals surface area contributed by atoms with Crippen molar-refractivity contribution in [2.24, 2.45) is 0 Å². The largest absolute Gasteiger partial charge is 0.457 e. The highest BCUT2D eigenvalue weighted by atomic mass is 79.9. The number of aromatic nitrogens is 1. The zero-order valence-corrected chi connectivity index (χ0v) is 14.5. The van der Waals surface area contributed by atoms with Gasteiger partial charge in [0.1, 0.15) is 11.5 Å². The van der Waals surface area contributed by atoms with Gasteiger partial charge in [-0.15, -0.1) is 0 Å². The zero-order chi connectivity index (χ0) is 15.5. The number of rotatable bonds is 4. The highest BCUT2D eigenvalue weighted by molar-refractivity contribution is 9.10. The van der Waals surface area contributed by atoms with Crippen molar-refractivity contribution >= 4 is 15.9 Å². The normalized spacial score (nSPS) is 11.5. The lowest BCUT2D eigenvalue weighted by molar-refractivity contribution is 0.419. The first kappa shape index (κ1) is 16.0. The van der Waals surface area contributed by atoms with Gasteiger partial charge in [0.15, 0.2) is 0 Å². The first-order valence-corrected chi connectivity index (χ1v) is 7.77. The maximum Gasteiger partial charge on any atom is 0.130 e. The van der Waals surface area contributed by atoms with E-state index in [1.807, 2.05) is 37.3 Å². The van der Waals surface area contributed by atoms with Crippen LogP contribution in [0.2, 0.25) is 0 Å². The first-order chi connectivity index (χ1) is 9.83. The molecule has 0 spiro atoms. The Kier molecular flexibility index (Phi) is 5.01. The second-order valence-electron chi connectivity index (χ2n) is 6.10. The molecule has 0 aliphatic rings. The second kappa shape index (κ2) is 6.58. The Bertz CT molecular complexity index is 620. The van der Waals surface area contributed by atoms with E-state index in [4.69, 9.17) is 4.74 Å². The summed E-state index contributed by atoms with van der Waals surface area (Å²) < 4.78 is 6.98. The fraction of sp³-hybridized carbons (Fsp3) is 0.353. The van der Waals surface area contributed by atoms with Crippen LogP contribution in [0.1, 0.15) is 32.0 Å². The molecule has 1 N–H and O–H groups in total. The smallest absolute Gasteiger partial charge is 0.130 e. The van der Waals surface area contributed by atoms with Crippen LogP contribution in [0.25, 0.3) is 0 Å². The Balaban J connectivity index is 2.08. The number of halogens is 1. The lowest BCUT2D eigenvalue weighted by Crippen LogP contribution is -2.35. The molecule has 2 aromatic rings. The average molecular weight is 349 g/mol.